The Morgan fingerprint density at radius 1 is 1.18 bits per heavy atom. The first kappa shape index (κ1) is 16.2. The predicted molar refractivity (Wildman–Crippen MR) is 30.3 cm³/mol. The predicted octanol–water partition coefficient (Wildman–Crippen LogP) is -0.697. The van der Waals surface area contributed by atoms with Crippen molar-refractivity contribution in [1.29, 1.82) is 0 Å². The number of hydrogen-bond donors (Lipinski definition) is 3. The first-order valence-electron chi connectivity index (χ1n) is 2.15. The molecule has 0 fully saturated rings. The maximum absolute atomic E-state index is 8.36. The Bertz CT molecular complexity index is 82.6. The molecule has 0 aromatic carbocycles. The fourth-order valence-electron chi connectivity index (χ4n) is 0. The van der Waals surface area contributed by atoms with Gasteiger partial charge in [0.25, 0.3) is 10.2 Å². The van der Waals surface area contributed by atoms with E-state index in [-0.39, 0.29) is 6.61 Å². The fourth-order valence-corrected chi connectivity index (χ4v) is 0. The zero-order valence-electron chi connectivity index (χ0n) is 5.58. The third-order valence-corrected chi connectivity index (χ3v) is 0. The molecule has 0 radical (unpaired) electrons. The third kappa shape index (κ3) is 126. The summed E-state index contributed by atoms with van der Waals surface area (Å²) in [5.41, 5.74) is 0. The van der Waals surface area contributed by atoms with Crippen LogP contribution >= 0.6 is 0 Å². The van der Waals surface area contributed by atoms with Gasteiger partial charge in [-0.05, 0) is 6.92 Å². The summed E-state index contributed by atoms with van der Waals surface area (Å²) in [4.78, 5) is 16.7. The van der Waals surface area contributed by atoms with Gasteiger partial charge < -0.3 is 15.5 Å². The lowest BCUT2D eigenvalue weighted by Crippen LogP contribution is -1.81. The van der Waals surface area contributed by atoms with Gasteiger partial charge in [0.05, 0.1) is 0 Å². The van der Waals surface area contributed by atoms with Gasteiger partial charge in [0, 0.05) is 6.61 Å². The number of hydrogen-bond acceptors (Lipinski definition) is 5. The minimum Gasteiger partial charge on any atom is -0.397 e. The molecule has 0 bridgehead atoms. The molecule has 3 N–H and O–H groups in total. The van der Waals surface area contributed by atoms with Crippen LogP contribution in [0.3, 0.4) is 0 Å². The number of nitrogens with zero attached hydrogens (tertiary/aromatic N) is 2. The van der Waals surface area contributed by atoms with E-state index in [1.165, 1.54) is 0 Å². The van der Waals surface area contributed by atoms with Crippen molar-refractivity contribution in [1.82, 2.24) is 0 Å². The van der Waals surface area contributed by atoms with Crippen LogP contribution < -0.4 is 0 Å². The Hall–Kier alpha value is -1.64. The normalized spacial score (nSPS) is 6.00. The molecule has 0 spiro atoms. The summed E-state index contributed by atoms with van der Waals surface area (Å²) in [6.07, 6.45) is 0. The van der Waals surface area contributed by atoms with Crippen LogP contribution in [0.15, 0.2) is 0 Å². The van der Waals surface area contributed by atoms with Crippen molar-refractivity contribution < 1.29 is 25.7 Å². The largest absolute Gasteiger partial charge is 0.397 e. The molecular weight excluding hydrogens is 164 g/mol. The number of aliphatic hydroxyl groups excluding tert-OH is 1. The SMILES string of the molecule is CCO.O=[N+]([O-])O.O=[N+]([O-])O. The van der Waals surface area contributed by atoms with Crippen LogP contribution in [-0.4, -0.2) is 32.3 Å². The molecule has 0 aromatic rings. The molecule has 68 valence electrons. The highest BCUT2D eigenvalue weighted by molar-refractivity contribution is 3.84. The summed E-state index contributed by atoms with van der Waals surface area (Å²) in [5, 5.41) is 34.8. The van der Waals surface area contributed by atoms with Crippen LogP contribution in [0.4, 0.5) is 0 Å². The lowest BCUT2D eigenvalue weighted by atomic mass is 10.9. The quantitative estimate of drug-likeness (QED) is 0.323. The molecule has 0 aliphatic heterocycles. The summed E-state index contributed by atoms with van der Waals surface area (Å²) in [5.74, 6) is 0. The van der Waals surface area contributed by atoms with Crippen molar-refractivity contribution in [3.8, 4) is 0 Å². The van der Waals surface area contributed by atoms with Gasteiger partial charge in [-0.15, -0.1) is 20.2 Å². The van der Waals surface area contributed by atoms with Crippen molar-refractivity contribution in [3.63, 3.8) is 0 Å². The molecule has 0 rings (SSSR count). The molecule has 0 saturated carbocycles. The Labute approximate surface area is 60.7 Å². The molecule has 0 aromatic heterocycles. The van der Waals surface area contributed by atoms with E-state index in [4.69, 9.17) is 35.7 Å². The highest BCUT2D eigenvalue weighted by Crippen LogP contribution is 1.38. The lowest BCUT2D eigenvalue weighted by Gasteiger charge is -1.56. The van der Waals surface area contributed by atoms with Crippen LogP contribution in [0.5, 0.6) is 0 Å². The van der Waals surface area contributed by atoms with Gasteiger partial charge in [0.15, 0.2) is 0 Å². The van der Waals surface area contributed by atoms with Gasteiger partial charge in [0.2, 0.25) is 0 Å². The van der Waals surface area contributed by atoms with Crippen molar-refractivity contribution in [2.45, 2.75) is 6.92 Å². The summed E-state index contributed by atoms with van der Waals surface area (Å²) in [6.45, 7) is 1.93. The summed E-state index contributed by atoms with van der Waals surface area (Å²) >= 11 is 0. The van der Waals surface area contributed by atoms with E-state index < -0.39 is 10.2 Å². The molecule has 0 unspecified atom stereocenters. The van der Waals surface area contributed by atoms with E-state index in [1.54, 1.807) is 6.92 Å². The van der Waals surface area contributed by atoms with Crippen molar-refractivity contribution >= 4 is 0 Å². The zero-order chi connectivity index (χ0) is 9.86. The van der Waals surface area contributed by atoms with Crippen LogP contribution in [0.2, 0.25) is 0 Å². The second kappa shape index (κ2) is 15.8. The minimum atomic E-state index is -1.50. The smallest absolute Gasteiger partial charge is 0.291 e. The summed E-state index contributed by atoms with van der Waals surface area (Å²) < 4.78 is 0. The van der Waals surface area contributed by atoms with Crippen molar-refractivity contribution in [2.24, 2.45) is 0 Å². The molecule has 11 heavy (non-hydrogen) atoms. The van der Waals surface area contributed by atoms with E-state index in [2.05, 4.69) is 0 Å². The van der Waals surface area contributed by atoms with Gasteiger partial charge >= 0.3 is 0 Å². The van der Waals surface area contributed by atoms with Gasteiger partial charge in [-0.1, -0.05) is 0 Å². The second-order valence-electron chi connectivity index (χ2n) is 0.792. The molecular formula is C2H8N2O7. The van der Waals surface area contributed by atoms with Crippen LogP contribution in [0, 0.1) is 20.2 Å². The van der Waals surface area contributed by atoms with Crippen molar-refractivity contribution in [3.05, 3.63) is 20.2 Å². The lowest BCUT2D eigenvalue weighted by molar-refractivity contribution is -0.742. The average Bonchev–Trinajstić information content (AvgIpc) is 1.60. The van der Waals surface area contributed by atoms with E-state index in [0.717, 1.165) is 0 Å². The van der Waals surface area contributed by atoms with E-state index >= 15 is 0 Å². The molecule has 0 saturated heterocycles. The molecule has 0 aliphatic rings. The number of rotatable bonds is 0. The zero-order valence-corrected chi connectivity index (χ0v) is 5.58. The first-order chi connectivity index (χ1) is 4.88. The fraction of sp³-hybridized carbons (Fsp3) is 1.00. The maximum Gasteiger partial charge on any atom is 0.291 e. The second-order valence-corrected chi connectivity index (χ2v) is 0.792. The Balaban J connectivity index is -0.0000000886. The van der Waals surface area contributed by atoms with Crippen molar-refractivity contribution in [2.75, 3.05) is 6.61 Å². The monoisotopic (exact) mass is 172 g/mol. The molecule has 9 heteroatoms. The third-order valence-electron chi connectivity index (χ3n) is 0. The highest BCUT2D eigenvalue weighted by atomic mass is 16.9. The van der Waals surface area contributed by atoms with Gasteiger partial charge in [-0.2, -0.15) is 0 Å². The molecule has 9 nitrogen and oxygen atoms in total. The topological polar surface area (TPSA) is 147 Å². The Kier molecular flexibility index (Phi) is 23.2. The Morgan fingerprint density at radius 3 is 1.18 bits per heavy atom. The van der Waals surface area contributed by atoms with Gasteiger partial charge in [0.1, 0.15) is 0 Å². The Morgan fingerprint density at radius 2 is 1.18 bits per heavy atom. The molecule has 0 aliphatic carbocycles. The van der Waals surface area contributed by atoms with Crippen LogP contribution in [0.1, 0.15) is 6.92 Å². The first-order valence-corrected chi connectivity index (χ1v) is 2.15. The minimum absolute atomic E-state index is 0.250. The molecule has 0 heterocycles. The van der Waals surface area contributed by atoms with E-state index in [0.29, 0.717) is 0 Å². The standard InChI is InChI=1S/C2H6O.2HNO3/c1-2-3;2*2-1(3)4/h3H,2H2,1H3;2*(H,2,3,4). The van der Waals surface area contributed by atoms with Crippen LogP contribution in [0.25, 0.3) is 0 Å². The summed E-state index contributed by atoms with van der Waals surface area (Å²) in [6, 6.07) is 0. The van der Waals surface area contributed by atoms with E-state index in [9.17, 15) is 0 Å². The summed E-state index contributed by atoms with van der Waals surface area (Å²) in [7, 11) is 0. The highest BCUT2D eigenvalue weighted by Gasteiger charge is 1.65. The van der Waals surface area contributed by atoms with Gasteiger partial charge in [-0.3, -0.25) is 0 Å². The molecule has 0 amide bonds. The number of aliphatic hydroxyl groups is 1. The van der Waals surface area contributed by atoms with Crippen LogP contribution in [-0.2, 0) is 0 Å². The maximum atomic E-state index is 8.36. The molecule has 0 atom stereocenters. The van der Waals surface area contributed by atoms with E-state index in [1.807, 2.05) is 0 Å². The van der Waals surface area contributed by atoms with Gasteiger partial charge in [-0.25, -0.2) is 0 Å². The average molecular weight is 172 g/mol.